The van der Waals surface area contributed by atoms with Gasteiger partial charge in [-0.1, -0.05) is 6.92 Å². The predicted molar refractivity (Wildman–Crippen MR) is 77.4 cm³/mol. The van der Waals surface area contributed by atoms with Crippen molar-refractivity contribution in [2.75, 3.05) is 5.32 Å². The van der Waals surface area contributed by atoms with E-state index in [0.29, 0.717) is 6.04 Å². The van der Waals surface area contributed by atoms with Crippen molar-refractivity contribution in [2.24, 2.45) is 0 Å². The molecule has 1 N–H and O–H groups in total. The molecule has 0 radical (unpaired) electrons. The van der Waals surface area contributed by atoms with Gasteiger partial charge in [0.1, 0.15) is 17.0 Å². The average Bonchev–Trinajstić information content (AvgIpc) is 2.78. The molecule has 0 aliphatic heterocycles. The van der Waals surface area contributed by atoms with E-state index < -0.39 is 0 Å². The maximum atomic E-state index is 4.46. The van der Waals surface area contributed by atoms with Gasteiger partial charge in [0.05, 0.1) is 5.39 Å². The Bertz CT molecular complexity index is 561. The second-order valence-electron chi connectivity index (χ2n) is 5.07. The highest BCUT2D eigenvalue weighted by molar-refractivity contribution is 7.19. The number of hydrogen-bond donors (Lipinski definition) is 1. The molecule has 0 unspecified atom stereocenters. The number of aromatic nitrogens is 2. The Morgan fingerprint density at radius 3 is 3.00 bits per heavy atom. The summed E-state index contributed by atoms with van der Waals surface area (Å²) in [5.74, 6) is 1.04. The Labute approximate surface area is 112 Å². The first-order valence-corrected chi connectivity index (χ1v) is 7.63. The monoisotopic (exact) mass is 261 g/mol. The first kappa shape index (κ1) is 11.9. The molecule has 96 valence electrons. The van der Waals surface area contributed by atoms with Crippen molar-refractivity contribution in [3.05, 3.63) is 16.8 Å². The molecule has 1 aliphatic rings. The number of rotatable bonds is 3. The fraction of sp³-hybridized carbons (Fsp3) is 0.571. The Morgan fingerprint density at radius 2 is 2.17 bits per heavy atom. The lowest BCUT2D eigenvalue weighted by atomic mass is 9.97. The first-order valence-electron chi connectivity index (χ1n) is 6.81. The molecular weight excluding hydrogens is 242 g/mol. The van der Waals surface area contributed by atoms with Crippen LogP contribution in [0.1, 0.15) is 43.6 Å². The van der Waals surface area contributed by atoms with Crippen LogP contribution in [0.4, 0.5) is 5.82 Å². The number of hydrogen-bond acceptors (Lipinski definition) is 4. The van der Waals surface area contributed by atoms with Crippen molar-refractivity contribution in [1.29, 1.82) is 0 Å². The highest BCUT2D eigenvalue weighted by Gasteiger charge is 2.20. The fourth-order valence-electron chi connectivity index (χ4n) is 2.54. The quantitative estimate of drug-likeness (QED) is 0.913. The molecule has 0 fully saturated rings. The Hall–Kier alpha value is -1.16. The molecule has 4 heteroatoms. The van der Waals surface area contributed by atoms with Crippen molar-refractivity contribution in [3.8, 4) is 0 Å². The average molecular weight is 261 g/mol. The summed E-state index contributed by atoms with van der Waals surface area (Å²) in [7, 11) is 0. The molecule has 0 amide bonds. The minimum absolute atomic E-state index is 0.460. The lowest BCUT2D eigenvalue weighted by Gasteiger charge is -2.15. The van der Waals surface area contributed by atoms with Gasteiger partial charge in [0, 0.05) is 10.9 Å². The number of thiophene rings is 1. The zero-order valence-electron chi connectivity index (χ0n) is 11.0. The van der Waals surface area contributed by atoms with Crippen LogP contribution >= 0.6 is 11.3 Å². The van der Waals surface area contributed by atoms with Crippen LogP contribution in [0.5, 0.6) is 0 Å². The molecule has 3 nitrogen and oxygen atoms in total. The van der Waals surface area contributed by atoms with Crippen LogP contribution < -0.4 is 5.32 Å². The Balaban J connectivity index is 2.10. The van der Waals surface area contributed by atoms with E-state index in [4.69, 9.17) is 0 Å². The molecule has 0 saturated carbocycles. The summed E-state index contributed by atoms with van der Waals surface area (Å²) in [6.07, 6.45) is 7.84. The first-order chi connectivity index (χ1) is 8.79. The normalized spacial score (nSPS) is 16.6. The molecule has 1 aliphatic carbocycles. The van der Waals surface area contributed by atoms with E-state index in [1.54, 1.807) is 6.33 Å². The van der Waals surface area contributed by atoms with Crippen molar-refractivity contribution in [3.63, 3.8) is 0 Å². The second kappa shape index (κ2) is 4.84. The zero-order chi connectivity index (χ0) is 12.5. The van der Waals surface area contributed by atoms with E-state index in [2.05, 4.69) is 29.1 Å². The van der Waals surface area contributed by atoms with Gasteiger partial charge in [-0.2, -0.15) is 0 Å². The van der Waals surface area contributed by atoms with Gasteiger partial charge in [0.15, 0.2) is 0 Å². The topological polar surface area (TPSA) is 37.8 Å². The van der Waals surface area contributed by atoms with Crippen LogP contribution in [0.25, 0.3) is 10.2 Å². The maximum absolute atomic E-state index is 4.46. The van der Waals surface area contributed by atoms with E-state index in [-0.39, 0.29) is 0 Å². The van der Waals surface area contributed by atoms with Crippen LogP contribution in [-0.2, 0) is 12.8 Å². The molecule has 3 rings (SSSR count). The van der Waals surface area contributed by atoms with Gasteiger partial charge in [-0.3, -0.25) is 0 Å². The summed E-state index contributed by atoms with van der Waals surface area (Å²) in [5, 5.41) is 4.82. The summed E-state index contributed by atoms with van der Waals surface area (Å²) < 4.78 is 0. The summed E-state index contributed by atoms with van der Waals surface area (Å²) in [6.45, 7) is 4.39. The SMILES string of the molecule is CC[C@H](C)Nc1ncnc2sc3c(c12)CCCC3. The molecule has 18 heavy (non-hydrogen) atoms. The van der Waals surface area contributed by atoms with Gasteiger partial charge < -0.3 is 5.32 Å². The minimum atomic E-state index is 0.460. The lowest BCUT2D eigenvalue weighted by molar-refractivity contribution is 0.700. The molecule has 2 aromatic rings. The second-order valence-corrected chi connectivity index (χ2v) is 6.15. The maximum Gasteiger partial charge on any atom is 0.138 e. The molecule has 0 saturated heterocycles. The summed E-state index contributed by atoms with van der Waals surface area (Å²) in [4.78, 5) is 11.6. The molecule has 1 atom stereocenters. The predicted octanol–water partition coefficient (Wildman–Crippen LogP) is 3.78. The van der Waals surface area contributed by atoms with Crippen LogP contribution in [0.15, 0.2) is 6.33 Å². The number of aryl methyl sites for hydroxylation is 2. The fourth-order valence-corrected chi connectivity index (χ4v) is 3.76. The zero-order valence-corrected chi connectivity index (χ0v) is 11.8. The van der Waals surface area contributed by atoms with Gasteiger partial charge in [0.2, 0.25) is 0 Å². The third-order valence-electron chi connectivity index (χ3n) is 3.75. The largest absolute Gasteiger partial charge is 0.367 e. The molecule has 2 heterocycles. The highest BCUT2D eigenvalue weighted by Crippen LogP contribution is 2.38. The van der Waals surface area contributed by atoms with Crippen molar-refractivity contribution in [1.82, 2.24) is 9.97 Å². The van der Waals surface area contributed by atoms with E-state index in [1.807, 2.05) is 11.3 Å². The molecule has 0 aromatic carbocycles. The standard InChI is InChI=1S/C14H19N3S/c1-3-9(2)17-13-12-10-6-4-5-7-11(10)18-14(12)16-8-15-13/h8-9H,3-7H2,1-2H3,(H,15,16,17)/t9-/m0/s1. The Morgan fingerprint density at radius 1 is 1.33 bits per heavy atom. The van der Waals surface area contributed by atoms with Crippen LogP contribution in [-0.4, -0.2) is 16.0 Å². The van der Waals surface area contributed by atoms with Gasteiger partial charge in [-0.05, 0) is 44.6 Å². The molecule has 2 aromatic heterocycles. The summed E-state index contributed by atoms with van der Waals surface area (Å²) in [6, 6.07) is 0.460. The van der Waals surface area contributed by atoms with E-state index in [0.717, 1.165) is 17.1 Å². The third-order valence-corrected chi connectivity index (χ3v) is 4.95. The number of anilines is 1. The van der Waals surface area contributed by atoms with Gasteiger partial charge in [-0.25, -0.2) is 9.97 Å². The van der Waals surface area contributed by atoms with Crippen molar-refractivity contribution >= 4 is 27.4 Å². The third kappa shape index (κ3) is 1.99. The van der Waals surface area contributed by atoms with Gasteiger partial charge >= 0.3 is 0 Å². The summed E-state index contributed by atoms with van der Waals surface area (Å²) >= 11 is 1.86. The number of nitrogens with zero attached hydrogens (tertiary/aromatic N) is 2. The van der Waals surface area contributed by atoms with Crippen LogP contribution in [0.2, 0.25) is 0 Å². The van der Waals surface area contributed by atoms with Crippen molar-refractivity contribution < 1.29 is 0 Å². The number of nitrogens with one attached hydrogen (secondary N) is 1. The van der Waals surface area contributed by atoms with Crippen LogP contribution in [0.3, 0.4) is 0 Å². The summed E-state index contributed by atoms with van der Waals surface area (Å²) in [5.41, 5.74) is 1.51. The van der Waals surface area contributed by atoms with Gasteiger partial charge in [-0.15, -0.1) is 11.3 Å². The van der Waals surface area contributed by atoms with Crippen molar-refractivity contribution in [2.45, 2.75) is 52.0 Å². The minimum Gasteiger partial charge on any atom is -0.367 e. The Kier molecular flexibility index (Phi) is 3.20. The molecular formula is C14H19N3S. The number of fused-ring (bicyclic) bond motifs is 3. The smallest absolute Gasteiger partial charge is 0.138 e. The lowest BCUT2D eigenvalue weighted by Crippen LogP contribution is -2.15. The van der Waals surface area contributed by atoms with E-state index >= 15 is 0 Å². The van der Waals surface area contributed by atoms with Crippen LogP contribution in [0, 0.1) is 0 Å². The highest BCUT2D eigenvalue weighted by atomic mass is 32.1. The molecule has 0 spiro atoms. The van der Waals surface area contributed by atoms with E-state index in [9.17, 15) is 0 Å². The van der Waals surface area contributed by atoms with Gasteiger partial charge in [0.25, 0.3) is 0 Å². The van der Waals surface area contributed by atoms with E-state index in [1.165, 1.54) is 41.5 Å². The molecule has 0 bridgehead atoms.